The number of methoxy groups -OCH3 is 2. The molecule has 4 nitrogen and oxygen atoms in total. The molecule has 18 heavy (non-hydrogen) atoms. The van der Waals surface area contributed by atoms with Gasteiger partial charge in [-0.2, -0.15) is 0 Å². The van der Waals surface area contributed by atoms with Crippen LogP contribution >= 0.6 is 0 Å². The lowest BCUT2D eigenvalue weighted by Crippen LogP contribution is -2.02. The fraction of sp³-hybridized carbons (Fsp3) is 0.357. The van der Waals surface area contributed by atoms with Crippen LogP contribution in [0.5, 0.6) is 11.5 Å². The highest BCUT2D eigenvalue weighted by Gasteiger charge is 2.57. The van der Waals surface area contributed by atoms with E-state index in [2.05, 4.69) is 0 Å². The van der Waals surface area contributed by atoms with E-state index in [1.807, 2.05) is 24.3 Å². The monoisotopic (exact) mass is 246 g/mol. The zero-order valence-corrected chi connectivity index (χ0v) is 10.2. The number of rotatable bonds is 3. The molecule has 0 radical (unpaired) electrons. The van der Waals surface area contributed by atoms with Crippen molar-refractivity contribution in [2.75, 3.05) is 14.2 Å². The van der Waals surface area contributed by atoms with Crippen LogP contribution in [0.15, 0.2) is 18.2 Å². The van der Waals surface area contributed by atoms with Crippen molar-refractivity contribution in [2.45, 2.75) is 5.92 Å². The van der Waals surface area contributed by atoms with Gasteiger partial charge in [0.25, 0.3) is 0 Å². The van der Waals surface area contributed by atoms with E-state index < -0.39 is 5.97 Å². The molecule has 4 heteroatoms. The van der Waals surface area contributed by atoms with Gasteiger partial charge in [0.2, 0.25) is 0 Å². The number of hydrogen-bond acceptors (Lipinski definition) is 3. The van der Waals surface area contributed by atoms with Crippen LogP contribution in [0.4, 0.5) is 0 Å². The van der Waals surface area contributed by atoms with E-state index in [1.54, 1.807) is 14.2 Å². The van der Waals surface area contributed by atoms with Gasteiger partial charge in [-0.25, -0.2) is 0 Å². The van der Waals surface area contributed by atoms with Gasteiger partial charge in [0, 0.05) is 17.0 Å². The van der Waals surface area contributed by atoms with E-state index in [4.69, 9.17) is 9.47 Å². The molecule has 94 valence electrons. The summed E-state index contributed by atoms with van der Waals surface area (Å²) in [5, 5.41) is 9.19. The molecule has 0 unspecified atom stereocenters. The van der Waals surface area contributed by atoms with E-state index in [9.17, 15) is 9.90 Å². The number of allylic oxidation sites excluding steroid dienone is 1. The normalized spacial score (nSPS) is 27.1. The van der Waals surface area contributed by atoms with Crippen molar-refractivity contribution in [3.63, 3.8) is 0 Å². The number of hydrogen-bond donors (Lipinski definition) is 1. The first-order valence-corrected chi connectivity index (χ1v) is 5.85. The van der Waals surface area contributed by atoms with Crippen molar-refractivity contribution in [1.29, 1.82) is 0 Å². The molecular formula is C14H14O4. The molecule has 1 saturated carbocycles. The molecule has 1 N–H and O–H groups in total. The molecule has 1 aromatic rings. The maximum absolute atomic E-state index is 11.2. The fourth-order valence-corrected chi connectivity index (χ4v) is 2.94. The third-order valence-electron chi connectivity index (χ3n) is 3.83. The van der Waals surface area contributed by atoms with Crippen molar-refractivity contribution in [2.24, 2.45) is 11.8 Å². The fourth-order valence-electron chi connectivity index (χ4n) is 2.94. The van der Waals surface area contributed by atoms with Crippen LogP contribution in [-0.4, -0.2) is 25.3 Å². The number of fused-ring (bicyclic) bond motifs is 3. The van der Waals surface area contributed by atoms with Gasteiger partial charge in [0.05, 0.1) is 20.1 Å². The summed E-state index contributed by atoms with van der Waals surface area (Å²) < 4.78 is 10.7. The van der Waals surface area contributed by atoms with Crippen LogP contribution in [0, 0.1) is 11.8 Å². The number of carbonyl (C=O) groups is 1. The third-order valence-corrected chi connectivity index (χ3v) is 3.83. The van der Waals surface area contributed by atoms with E-state index in [0.717, 1.165) is 22.6 Å². The van der Waals surface area contributed by atoms with Crippen LogP contribution in [-0.2, 0) is 4.79 Å². The van der Waals surface area contributed by atoms with E-state index in [-0.39, 0.29) is 17.8 Å². The van der Waals surface area contributed by atoms with E-state index >= 15 is 0 Å². The zero-order chi connectivity index (χ0) is 12.9. The Morgan fingerprint density at radius 3 is 2.50 bits per heavy atom. The van der Waals surface area contributed by atoms with Gasteiger partial charge in [0.1, 0.15) is 11.5 Å². The summed E-state index contributed by atoms with van der Waals surface area (Å²) in [6, 6.07) is 3.69. The lowest BCUT2D eigenvalue weighted by Gasteiger charge is -2.17. The first kappa shape index (κ1) is 11.1. The molecule has 3 rings (SSSR count). The van der Waals surface area contributed by atoms with Gasteiger partial charge in [0.15, 0.2) is 0 Å². The van der Waals surface area contributed by atoms with Gasteiger partial charge in [-0.05, 0) is 18.1 Å². The minimum absolute atomic E-state index is 0.0209. The van der Waals surface area contributed by atoms with Gasteiger partial charge in [-0.15, -0.1) is 0 Å². The molecule has 1 fully saturated rings. The highest BCUT2D eigenvalue weighted by molar-refractivity contribution is 5.82. The first-order valence-electron chi connectivity index (χ1n) is 5.85. The Morgan fingerprint density at radius 1 is 1.22 bits per heavy atom. The average molecular weight is 246 g/mol. The Labute approximate surface area is 105 Å². The van der Waals surface area contributed by atoms with Gasteiger partial charge in [-0.1, -0.05) is 12.2 Å². The average Bonchev–Trinajstić information content (AvgIpc) is 3.11. The van der Waals surface area contributed by atoms with Crippen molar-refractivity contribution < 1.29 is 19.4 Å². The van der Waals surface area contributed by atoms with Gasteiger partial charge >= 0.3 is 5.97 Å². The van der Waals surface area contributed by atoms with Crippen LogP contribution in [0.3, 0.4) is 0 Å². The third kappa shape index (κ3) is 1.35. The summed E-state index contributed by atoms with van der Waals surface area (Å²) in [5.41, 5.74) is 1.92. The van der Waals surface area contributed by atoms with Crippen molar-refractivity contribution in [1.82, 2.24) is 0 Å². The second kappa shape index (κ2) is 3.77. The SMILES string of the molecule is COc1ccc(OC)c2c1C=C[C@@H]1[C@@H](C(=O)O)[C@H]21. The number of aliphatic carboxylic acids is 1. The molecule has 0 aliphatic heterocycles. The minimum atomic E-state index is -0.743. The van der Waals surface area contributed by atoms with Crippen molar-refractivity contribution in [3.05, 3.63) is 29.3 Å². The smallest absolute Gasteiger partial charge is 0.307 e. The number of benzene rings is 1. The Bertz CT molecular complexity index is 547. The Balaban J connectivity index is 2.14. The maximum atomic E-state index is 11.2. The number of carboxylic acid groups (broad SMARTS) is 1. The summed E-state index contributed by atoms with van der Waals surface area (Å²) in [5.74, 6) is 0.546. The molecule has 0 bridgehead atoms. The molecule has 2 aliphatic carbocycles. The zero-order valence-electron chi connectivity index (χ0n) is 10.2. The Kier molecular flexibility index (Phi) is 2.33. The lowest BCUT2D eigenvalue weighted by molar-refractivity contribution is -0.138. The predicted molar refractivity (Wildman–Crippen MR) is 65.9 cm³/mol. The lowest BCUT2D eigenvalue weighted by atomic mass is 9.95. The summed E-state index contributed by atoms with van der Waals surface area (Å²) in [4.78, 5) is 11.2. The molecule has 0 heterocycles. The highest BCUT2D eigenvalue weighted by atomic mass is 16.5. The summed E-state index contributed by atoms with van der Waals surface area (Å²) in [7, 11) is 3.22. The molecule has 3 atom stereocenters. The molecule has 0 amide bonds. The summed E-state index contributed by atoms with van der Waals surface area (Å²) in [6.07, 6.45) is 3.91. The van der Waals surface area contributed by atoms with Crippen molar-refractivity contribution in [3.8, 4) is 11.5 Å². The predicted octanol–water partition coefficient (Wildman–Crippen LogP) is 2.14. The summed E-state index contributed by atoms with van der Waals surface area (Å²) >= 11 is 0. The first-order chi connectivity index (χ1) is 8.69. The van der Waals surface area contributed by atoms with Crippen LogP contribution < -0.4 is 9.47 Å². The topological polar surface area (TPSA) is 55.8 Å². The Hall–Kier alpha value is -1.97. The molecule has 0 aromatic heterocycles. The van der Waals surface area contributed by atoms with Crippen molar-refractivity contribution >= 4 is 12.0 Å². The second-order valence-corrected chi connectivity index (χ2v) is 4.62. The van der Waals surface area contributed by atoms with Crippen LogP contribution in [0.2, 0.25) is 0 Å². The van der Waals surface area contributed by atoms with E-state index in [0.29, 0.717) is 0 Å². The van der Waals surface area contributed by atoms with Gasteiger partial charge < -0.3 is 14.6 Å². The Morgan fingerprint density at radius 2 is 1.89 bits per heavy atom. The van der Waals surface area contributed by atoms with Crippen LogP contribution in [0.25, 0.3) is 6.08 Å². The molecule has 2 aliphatic rings. The highest BCUT2D eigenvalue weighted by Crippen LogP contribution is 2.61. The molecule has 0 spiro atoms. The molecule has 1 aromatic carbocycles. The minimum Gasteiger partial charge on any atom is -0.496 e. The standard InChI is InChI=1S/C14H14O4/c1-17-9-5-6-10(18-2)11-7(9)3-4-8-12(11)13(8)14(15)16/h3-6,8,12-13H,1-2H3,(H,15,16)/t8-,12-,13+/m0/s1. The largest absolute Gasteiger partial charge is 0.496 e. The van der Waals surface area contributed by atoms with E-state index in [1.165, 1.54) is 0 Å². The van der Waals surface area contributed by atoms with Crippen LogP contribution in [0.1, 0.15) is 17.0 Å². The maximum Gasteiger partial charge on any atom is 0.307 e. The number of ether oxygens (including phenoxy) is 2. The van der Waals surface area contributed by atoms with Gasteiger partial charge in [-0.3, -0.25) is 4.79 Å². The molecule has 0 saturated heterocycles. The summed E-state index contributed by atoms with van der Waals surface area (Å²) in [6.45, 7) is 0. The molecular weight excluding hydrogens is 232 g/mol. The number of carboxylic acids is 1. The quantitative estimate of drug-likeness (QED) is 0.887. The second-order valence-electron chi connectivity index (χ2n) is 4.62.